The second kappa shape index (κ2) is 9.60. The molecule has 1 atom stereocenters. The van der Waals surface area contributed by atoms with Crippen LogP contribution in [0.5, 0.6) is 11.5 Å². The van der Waals surface area contributed by atoms with Crippen molar-refractivity contribution in [1.29, 1.82) is 0 Å². The summed E-state index contributed by atoms with van der Waals surface area (Å²) in [5.41, 5.74) is 2.43. The number of aryl methyl sites for hydroxylation is 1. The van der Waals surface area contributed by atoms with E-state index in [1.807, 2.05) is 19.9 Å². The number of para-hydroxylation sites is 2. The summed E-state index contributed by atoms with van der Waals surface area (Å²) in [4.78, 5) is 24.5. The minimum atomic E-state index is -0.614. The summed E-state index contributed by atoms with van der Waals surface area (Å²) in [5, 5.41) is 0. The molecule has 156 valence electrons. The van der Waals surface area contributed by atoms with Gasteiger partial charge in [-0.2, -0.15) is 0 Å². The maximum absolute atomic E-state index is 12.6. The molecule has 0 unspecified atom stereocenters. The molecular weight excluding hydrogens is 374 g/mol. The molecule has 7 nitrogen and oxygen atoms in total. The molecule has 1 aromatic heterocycles. The summed E-state index contributed by atoms with van der Waals surface area (Å²) in [6, 6.07) is 8.85. The van der Waals surface area contributed by atoms with Gasteiger partial charge in [-0.3, -0.25) is 4.79 Å². The summed E-state index contributed by atoms with van der Waals surface area (Å²) >= 11 is 0. The first-order valence-electron chi connectivity index (χ1n) is 9.72. The van der Waals surface area contributed by atoms with E-state index in [2.05, 4.69) is 4.57 Å². The van der Waals surface area contributed by atoms with E-state index in [1.54, 1.807) is 24.3 Å². The average molecular weight is 401 g/mol. The molecule has 3 rings (SSSR count). The lowest BCUT2D eigenvalue weighted by molar-refractivity contribution is -0.144. The summed E-state index contributed by atoms with van der Waals surface area (Å²) in [6.07, 6.45) is 2.29. The lowest BCUT2D eigenvalue weighted by Crippen LogP contribution is -2.20. The standard InChI is InChI=1S/C22H27NO6/c1-15-11-18(16(2)23(15)12-17-7-6-10-27-17)19(24)13-29-22(25)14-28-21-9-5-4-8-20(21)26-3/h4-5,8-9,11,17H,6-7,10,12-14H2,1-3H3/t17-/m0/s1. The molecule has 0 N–H and O–H groups in total. The molecule has 0 amide bonds. The maximum Gasteiger partial charge on any atom is 0.344 e. The Balaban J connectivity index is 1.53. The van der Waals surface area contributed by atoms with E-state index in [4.69, 9.17) is 18.9 Å². The van der Waals surface area contributed by atoms with Gasteiger partial charge in [0.25, 0.3) is 0 Å². The Morgan fingerprint density at radius 1 is 1.17 bits per heavy atom. The summed E-state index contributed by atoms with van der Waals surface area (Å²) in [5.74, 6) is 0.116. The number of methoxy groups -OCH3 is 1. The number of esters is 1. The zero-order valence-electron chi connectivity index (χ0n) is 17.1. The van der Waals surface area contributed by atoms with Crippen LogP contribution in [0.3, 0.4) is 0 Å². The first-order chi connectivity index (χ1) is 14.0. The van der Waals surface area contributed by atoms with E-state index >= 15 is 0 Å². The fourth-order valence-electron chi connectivity index (χ4n) is 3.50. The van der Waals surface area contributed by atoms with Gasteiger partial charge in [0.1, 0.15) is 0 Å². The van der Waals surface area contributed by atoms with Gasteiger partial charge in [-0.15, -0.1) is 0 Å². The lowest BCUT2D eigenvalue weighted by Gasteiger charge is -2.14. The van der Waals surface area contributed by atoms with Crippen LogP contribution in [0.15, 0.2) is 30.3 Å². The van der Waals surface area contributed by atoms with Crippen molar-refractivity contribution in [1.82, 2.24) is 4.57 Å². The smallest absolute Gasteiger partial charge is 0.344 e. The van der Waals surface area contributed by atoms with Crippen molar-refractivity contribution < 1.29 is 28.5 Å². The number of hydrogen-bond donors (Lipinski definition) is 0. The van der Waals surface area contributed by atoms with Crippen molar-refractivity contribution in [2.75, 3.05) is 26.9 Å². The van der Waals surface area contributed by atoms with Crippen LogP contribution in [0, 0.1) is 13.8 Å². The monoisotopic (exact) mass is 401 g/mol. The highest BCUT2D eigenvalue weighted by atomic mass is 16.6. The number of ether oxygens (including phenoxy) is 4. The van der Waals surface area contributed by atoms with Crippen molar-refractivity contribution in [2.45, 2.75) is 39.3 Å². The number of hydrogen-bond acceptors (Lipinski definition) is 6. The van der Waals surface area contributed by atoms with E-state index in [0.717, 1.165) is 37.4 Å². The van der Waals surface area contributed by atoms with Crippen LogP contribution >= 0.6 is 0 Å². The van der Waals surface area contributed by atoms with Crippen molar-refractivity contribution in [2.24, 2.45) is 0 Å². The minimum Gasteiger partial charge on any atom is -0.493 e. The Morgan fingerprint density at radius 2 is 1.93 bits per heavy atom. The van der Waals surface area contributed by atoms with Gasteiger partial charge in [-0.1, -0.05) is 12.1 Å². The van der Waals surface area contributed by atoms with E-state index in [0.29, 0.717) is 17.1 Å². The van der Waals surface area contributed by atoms with Gasteiger partial charge in [-0.05, 0) is 44.9 Å². The molecule has 1 aliphatic rings. The fourth-order valence-corrected chi connectivity index (χ4v) is 3.50. The third-order valence-corrected chi connectivity index (χ3v) is 5.06. The normalized spacial score (nSPS) is 15.9. The Kier molecular flexibility index (Phi) is 6.93. The first kappa shape index (κ1) is 20.9. The third kappa shape index (κ3) is 5.17. The number of rotatable bonds is 9. The topological polar surface area (TPSA) is 76.0 Å². The number of ketones is 1. The van der Waals surface area contributed by atoms with Crippen LogP contribution in [-0.4, -0.2) is 49.4 Å². The second-order valence-electron chi connectivity index (χ2n) is 7.05. The predicted octanol–water partition coefficient (Wildman–Crippen LogP) is 3.10. The second-order valence-corrected chi connectivity index (χ2v) is 7.05. The Morgan fingerprint density at radius 3 is 2.62 bits per heavy atom. The highest BCUT2D eigenvalue weighted by Crippen LogP contribution is 2.25. The Labute approximate surface area is 170 Å². The number of Topliss-reactive ketones (excluding diaryl/α,β-unsaturated/α-hetero) is 1. The number of aromatic nitrogens is 1. The van der Waals surface area contributed by atoms with Crippen molar-refractivity contribution in [3.8, 4) is 11.5 Å². The van der Waals surface area contributed by atoms with Crippen LogP contribution in [0.2, 0.25) is 0 Å². The van der Waals surface area contributed by atoms with Crippen LogP contribution in [0.4, 0.5) is 0 Å². The van der Waals surface area contributed by atoms with Crippen molar-refractivity contribution in [3.63, 3.8) is 0 Å². The molecule has 1 aromatic carbocycles. The molecule has 0 spiro atoms. The summed E-state index contributed by atoms with van der Waals surface area (Å²) in [6.45, 7) is 4.78. The highest BCUT2D eigenvalue weighted by Gasteiger charge is 2.21. The van der Waals surface area contributed by atoms with Gasteiger partial charge < -0.3 is 23.5 Å². The maximum atomic E-state index is 12.6. The molecule has 2 heterocycles. The largest absolute Gasteiger partial charge is 0.493 e. The molecule has 1 saturated heterocycles. The molecular formula is C22H27NO6. The van der Waals surface area contributed by atoms with Crippen molar-refractivity contribution >= 4 is 11.8 Å². The summed E-state index contributed by atoms with van der Waals surface area (Å²) in [7, 11) is 1.52. The molecule has 0 radical (unpaired) electrons. The van der Waals surface area contributed by atoms with Crippen LogP contribution in [-0.2, 0) is 20.8 Å². The molecule has 1 aliphatic heterocycles. The van der Waals surface area contributed by atoms with E-state index in [-0.39, 0.29) is 25.1 Å². The quantitative estimate of drug-likeness (QED) is 0.475. The fraction of sp³-hybridized carbons (Fsp3) is 0.455. The first-order valence-corrected chi connectivity index (χ1v) is 9.72. The number of nitrogens with zero attached hydrogens (tertiary/aromatic N) is 1. The molecule has 29 heavy (non-hydrogen) atoms. The number of benzene rings is 1. The van der Waals surface area contributed by atoms with Gasteiger partial charge in [0.2, 0.25) is 5.78 Å². The molecule has 1 fully saturated rings. The third-order valence-electron chi connectivity index (χ3n) is 5.06. The molecule has 0 bridgehead atoms. The van der Waals surface area contributed by atoms with Crippen LogP contribution < -0.4 is 9.47 Å². The van der Waals surface area contributed by atoms with E-state index in [1.165, 1.54) is 7.11 Å². The molecule has 0 saturated carbocycles. The van der Waals surface area contributed by atoms with E-state index in [9.17, 15) is 9.59 Å². The highest BCUT2D eigenvalue weighted by molar-refractivity contribution is 5.99. The molecule has 2 aromatic rings. The van der Waals surface area contributed by atoms with Gasteiger partial charge in [0.15, 0.2) is 24.7 Å². The van der Waals surface area contributed by atoms with Gasteiger partial charge in [0.05, 0.1) is 13.2 Å². The predicted molar refractivity (Wildman–Crippen MR) is 107 cm³/mol. The lowest BCUT2D eigenvalue weighted by atomic mass is 10.1. The molecule has 7 heteroatoms. The van der Waals surface area contributed by atoms with Gasteiger partial charge in [0, 0.05) is 30.1 Å². The average Bonchev–Trinajstić information content (AvgIpc) is 3.34. The Hall–Kier alpha value is -2.80. The van der Waals surface area contributed by atoms with Crippen LogP contribution in [0.1, 0.15) is 34.6 Å². The Bertz CT molecular complexity index is 866. The minimum absolute atomic E-state index is 0.188. The summed E-state index contributed by atoms with van der Waals surface area (Å²) < 4.78 is 23.5. The number of carbonyl (C=O) groups is 2. The number of carbonyl (C=O) groups excluding carboxylic acids is 2. The van der Waals surface area contributed by atoms with Gasteiger partial charge >= 0.3 is 5.97 Å². The SMILES string of the molecule is COc1ccccc1OCC(=O)OCC(=O)c1cc(C)n(C[C@@H]2CCCO2)c1C. The van der Waals surface area contributed by atoms with Crippen molar-refractivity contribution in [3.05, 3.63) is 47.3 Å². The molecule has 0 aliphatic carbocycles. The van der Waals surface area contributed by atoms with Gasteiger partial charge in [-0.25, -0.2) is 4.79 Å². The zero-order chi connectivity index (χ0) is 20.8. The van der Waals surface area contributed by atoms with Crippen LogP contribution in [0.25, 0.3) is 0 Å². The zero-order valence-corrected chi connectivity index (χ0v) is 17.1. The van der Waals surface area contributed by atoms with E-state index < -0.39 is 5.97 Å².